The Morgan fingerprint density at radius 2 is 1.92 bits per heavy atom. The Morgan fingerprint density at radius 1 is 1.24 bits per heavy atom. The summed E-state index contributed by atoms with van der Waals surface area (Å²) in [6.45, 7) is -1.02. The van der Waals surface area contributed by atoms with Crippen molar-refractivity contribution in [2.75, 3.05) is 20.2 Å². The topological polar surface area (TPSA) is 53.9 Å². The number of amidine groups is 1. The predicted molar refractivity (Wildman–Crippen MR) is 74.9 cm³/mol. The lowest BCUT2D eigenvalue weighted by molar-refractivity contribution is -0.143. The van der Waals surface area contributed by atoms with Crippen LogP contribution in [0.1, 0.15) is 17.5 Å². The van der Waals surface area contributed by atoms with Crippen LogP contribution >= 0.6 is 0 Å². The van der Waals surface area contributed by atoms with E-state index < -0.39 is 42.6 Å². The number of ether oxygens (including phenoxy) is 1. The van der Waals surface area contributed by atoms with Crippen LogP contribution in [-0.4, -0.2) is 43.0 Å². The molecule has 0 atom stereocenters. The first kappa shape index (κ1) is 18.9. The first-order valence-corrected chi connectivity index (χ1v) is 6.96. The molecule has 0 spiro atoms. The number of carbonyl (C=O) groups is 1. The fourth-order valence-electron chi connectivity index (χ4n) is 2.10. The summed E-state index contributed by atoms with van der Waals surface area (Å²) in [6, 6.07) is 2.88. The van der Waals surface area contributed by atoms with Crippen LogP contribution in [0.2, 0.25) is 0 Å². The summed E-state index contributed by atoms with van der Waals surface area (Å²) in [6.07, 6.45) is -10.7. The fraction of sp³-hybridized carbons (Fsp3) is 0.429. The second-order valence-corrected chi connectivity index (χ2v) is 5.25. The summed E-state index contributed by atoms with van der Waals surface area (Å²) in [4.78, 5) is 12.5. The number of rotatable bonds is 4. The standard InChI is InChI=1S/C14H13F6N3O2/c1-23-7-11(24)21-22-12(23)8-2-3-10(9(6-8)14(18,19)20)25-5-4-13(15,16)17/h2-3,6H,4-5,7H2,1H3,(H,21,24). The average Bonchev–Trinajstić information content (AvgIpc) is 2.45. The lowest BCUT2D eigenvalue weighted by Gasteiger charge is -2.25. The van der Waals surface area contributed by atoms with Crippen LogP contribution in [0.3, 0.4) is 0 Å². The molecule has 1 heterocycles. The third-order valence-corrected chi connectivity index (χ3v) is 3.22. The van der Waals surface area contributed by atoms with Gasteiger partial charge < -0.3 is 9.64 Å². The van der Waals surface area contributed by atoms with Gasteiger partial charge in [-0.15, -0.1) is 0 Å². The number of nitrogens with zero attached hydrogens (tertiary/aromatic N) is 2. The molecule has 0 fully saturated rings. The Morgan fingerprint density at radius 3 is 2.48 bits per heavy atom. The summed E-state index contributed by atoms with van der Waals surface area (Å²) in [5.41, 5.74) is 0.972. The fourth-order valence-corrected chi connectivity index (χ4v) is 2.10. The molecule has 138 valence electrons. The molecule has 0 bridgehead atoms. The van der Waals surface area contributed by atoms with Gasteiger partial charge in [0.2, 0.25) is 0 Å². The lowest BCUT2D eigenvalue weighted by atomic mass is 10.1. The lowest BCUT2D eigenvalue weighted by Crippen LogP contribution is -2.43. The summed E-state index contributed by atoms with van der Waals surface area (Å²) in [7, 11) is 1.47. The molecule has 11 heteroatoms. The molecule has 1 aliphatic heterocycles. The molecule has 1 aromatic carbocycles. The number of halogens is 6. The minimum atomic E-state index is -4.83. The molecule has 0 saturated carbocycles. The smallest absolute Gasteiger partial charge is 0.419 e. The summed E-state index contributed by atoms with van der Waals surface area (Å²) in [5, 5.41) is 3.70. The van der Waals surface area contributed by atoms with Gasteiger partial charge in [0.15, 0.2) is 5.84 Å². The number of amides is 1. The minimum absolute atomic E-state index is 0.0398. The van der Waals surface area contributed by atoms with Crippen molar-refractivity contribution >= 4 is 11.7 Å². The Kier molecular flexibility index (Phi) is 5.14. The number of likely N-dealkylation sites (N-methyl/N-ethyl adjacent to an activating group) is 1. The number of hydrazone groups is 1. The normalized spacial score (nSPS) is 15.7. The Balaban J connectivity index is 2.30. The highest BCUT2D eigenvalue weighted by Crippen LogP contribution is 2.37. The molecular weight excluding hydrogens is 356 g/mol. The molecule has 0 aromatic heterocycles. The van der Waals surface area contributed by atoms with Crippen molar-refractivity contribution in [3.8, 4) is 5.75 Å². The van der Waals surface area contributed by atoms with Crippen LogP contribution in [0.4, 0.5) is 26.3 Å². The third-order valence-electron chi connectivity index (χ3n) is 3.22. The van der Waals surface area contributed by atoms with E-state index in [9.17, 15) is 31.1 Å². The van der Waals surface area contributed by atoms with E-state index in [1.165, 1.54) is 18.0 Å². The van der Waals surface area contributed by atoms with E-state index in [4.69, 9.17) is 0 Å². The predicted octanol–water partition coefficient (Wildman–Crippen LogP) is 2.76. The zero-order chi connectivity index (χ0) is 18.8. The van der Waals surface area contributed by atoms with E-state index in [1.54, 1.807) is 0 Å². The number of hydrogen-bond acceptors (Lipinski definition) is 4. The molecule has 1 aliphatic rings. The Bertz CT molecular complexity index is 684. The van der Waals surface area contributed by atoms with Gasteiger partial charge in [-0.25, -0.2) is 5.43 Å². The molecule has 0 aliphatic carbocycles. The molecular formula is C14H13F6N3O2. The molecule has 2 rings (SSSR count). The molecule has 0 radical (unpaired) electrons. The average molecular weight is 369 g/mol. The van der Waals surface area contributed by atoms with Crippen molar-refractivity contribution in [2.24, 2.45) is 5.10 Å². The number of hydrogen-bond donors (Lipinski definition) is 1. The van der Waals surface area contributed by atoms with Crippen molar-refractivity contribution in [2.45, 2.75) is 18.8 Å². The van der Waals surface area contributed by atoms with Crippen LogP contribution in [0, 0.1) is 0 Å². The molecule has 25 heavy (non-hydrogen) atoms. The maximum Gasteiger partial charge on any atom is 0.419 e. The van der Waals surface area contributed by atoms with Crippen LogP contribution < -0.4 is 10.2 Å². The van der Waals surface area contributed by atoms with Crippen molar-refractivity contribution in [3.63, 3.8) is 0 Å². The van der Waals surface area contributed by atoms with Crippen molar-refractivity contribution in [1.29, 1.82) is 0 Å². The molecule has 1 aromatic rings. The zero-order valence-corrected chi connectivity index (χ0v) is 12.8. The maximum absolute atomic E-state index is 13.2. The summed E-state index contributed by atoms with van der Waals surface area (Å²) < 4.78 is 80.6. The van der Waals surface area contributed by atoms with Gasteiger partial charge in [-0.05, 0) is 18.2 Å². The van der Waals surface area contributed by atoms with E-state index in [0.29, 0.717) is 0 Å². The van der Waals surface area contributed by atoms with Gasteiger partial charge in [0.05, 0.1) is 25.1 Å². The first-order valence-electron chi connectivity index (χ1n) is 6.96. The van der Waals surface area contributed by atoms with Gasteiger partial charge in [0.25, 0.3) is 5.91 Å². The van der Waals surface area contributed by atoms with E-state index in [2.05, 4.69) is 15.3 Å². The van der Waals surface area contributed by atoms with E-state index >= 15 is 0 Å². The van der Waals surface area contributed by atoms with Crippen LogP contribution in [0.5, 0.6) is 5.75 Å². The van der Waals surface area contributed by atoms with Crippen molar-refractivity contribution < 1.29 is 35.9 Å². The molecule has 1 amide bonds. The van der Waals surface area contributed by atoms with Gasteiger partial charge in [-0.1, -0.05) is 0 Å². The second-order valence-electron chi connectivity index (χ2n) is 5.25. The highest BCUT2D eigenvalue weighted by Gasteiger charge is 2.36. The van der Waals surface area contributed by atoms with E-state index in [-0.39, 0.29) is 17.9 Å². The van der Waals surface area contributed by atoms with Crippen LogP contribution in [0.25, 0.3) is 0 Å². The first-order chi connectivity index (χ1) is 11.5. The molecule has 0 unspecified atom stereocenters. The monoisotopic (exact) mass is 369 g/mol. The summed E-state index contributed by atoms with van der Waals surface area (Å²) in [5.74, 6) is -1.04. The number of alkyl halides is 6. The van der Waals surface area contributed by atoms with Gasteiger partial charge in [0.1, 0.15) is 5.75 Å². The molecule has 0 saturated heterocycles. The largest absolute Gasteiger partial charge is 0.493 e. The van der Waals surface area contributed by atoms with Crippen molar-refractivity contribution in [3.05, 3.63) is 29.3 Å². The second kappa shape index (κ2) is 6.81. The maximum atomic E-state index is 13.2. The number of carbonyl (C=O) groups excluding carboxylic acids is 1. The molecule has 1 N–H and O–H groups in total. The van der Waals surface area contributed by atoms with Crippen molar-refractivity contribution in [1.82, 2.24) is 10.3 Å². The SMILES string of the molecule is CN1CC(=O)NN=C1c1ccc(OCCC(F)(F)F)c(C(F)(F)F)c1. The van der Waals surface area contributed by atoms with Gasteiger partial charge in [-0.2, -0.15) is 31.4 Å². The van der Waals surface area contributed by atoms with Crippen LogP contribution in [0.15, 0.2) is 23.3 Å². The third kappa shape index (κ3) is 5.00. The molecule has 5 nitrogen and oxygen atoms in total. The van der Waals surface area contributed by atoms with Gasteiger partial charge in [-0.3, -0.25) is 4.79 Å². The van der Waals surface area contributed by atoms with Gasteiger partial charge >= 0.3 is 12.4 Å². The quantitative estimate of drug-likeness (QED) is 0.831. The summed E-state index contributed by atoms with van der Waals surface area (Å²) >= 11 is 0. The van der Waals surface area contributed by atoms with E-state index in [0.717, 1.165) is 12.1 Å². The van der Waals surface area contributed by atoms with Gasteiger partial charge in [0, 0.05) is 12.6 Å². The zero-order valence-electron chi connectivity index (χ0n) is 12.8. The Labute approximate surface area is 138 Å². The number of nitrogens with one attached hydrogen (secondary N) is 1. The van der Waals surface area contributed by atoms with E-state index in [1.807, 2.05) is 0 Å². The highest BCUT2D eigenvalue weighted by atomic mass is 19.4. The minimum Gasteiger partial charge on any atom is -0.493 e. The highest BCUT2D eigenvalue weighted by molar-refractivity contribution is 6.02. The Hall–Kier alpha value is -2.46. The van der Waals surface area contributed by atoms with Crippen LogP contribution in [-0.2, 0) is 11.0 Å². The number of benzene rings is 1.